The summed E-state index contributed by atoms with van der Waals surface area (Å²) < 4.78 is 6.97. The first-order valence-corrected chi connectivity index (χ1v) is 10.3. The Bertz CT molecular complexity index is 939. The summed E-state index contributed by atoms with van der Waals surface area (Å²) in [5.41, 5.74) is -0.300. The molecular formula is C19H29N5O5. The van der Waals surface area contributed by atoms with Crippen LogP contribution >= 0.6 is 0 Å². The number of unbranched alkanes of at least 4 members (excludes halogenated alkanes) is 2. The molecule has 1 saturated heterocycles. The highest BCUT2D eigenvalue weighted by Gasteiger charge is 2.24. The molecule has 0 amide bonds. The number of rotatable bonds is 10. The molecule has 0 atom stereocenters. The number of aromatic nitrogens is 4. The number of fused-ring (bicyclic) bond motifs is 1. The first-order chi connectivity index (χ1) is 14.0. The lowest BCUT2D eigenvalue weighted by atomic mass is 9.97. The minimum Gasteiger partial charge on any atom is -0.481 e. The van der Waals surface area contributed by atoms with E-state index in [1.54, 1.807) is 0 Å². The number of likely N-dealkylation sites (tertiary alicyclic amines) is 1. The Morgan fingerprint density at radius 3 is 2.59 bits per heavy atom. The first kappa shape index (κ1) is 21.1. The summed E-state index contributed by atoms with van der Waals surface area (Å²) in [6, 6.07) is 0.130. The van der Waals surface area contributed by atoms with Crippen molar-refractivity contribution in [2.24, 2.45) is 5.92 Å². The summed E-state index contributed by atoms with van der Waals surface area (Å²) >= 11 is 0. The van der Waals surface area contributed by atoms with Gasteiger partial charge >= 0.3 is 11.7 Å². The number of aromatic amines is 2. The lowest BCUT2D eigenvalue weighted by Crippen LogP contribution is -2.36. The summed E-state index contributed by atoms with van der Waals surface area (Å²) in [5.74, 6) is -0.933. The van der Waals surface area contributed by atoms with Crippen molar-refractivity contribution in [1.29, 1.82) is 0 Å². The summed E-state index contributed by atoms with van der Waals surface area (Å²) in [6.45, 7) is 5.40. The van der Waals surface area contributed by atoms with E-state index in [1.165, 1.54) is 4.57 Å². The summed E-state index contributed by atoms with van der Waals surface area (Å²) in [4.78, 5) is 47.2. The smallest absolute Gasteiger partial charge is 0.327 e. The monoisotopic (exact) mass is 407 g/mol. The quantitative estimate of drug-likeness (QED) is 0.503. The van der Waals surface area contributed by atoms with E-state index < -0.39 is 11.5 Å². The number of ether oxygens (including phenoxy) is 1. The molecule has 0 bridgehead atoms. The fourth-order valence-electron chi connectivity index (χ4n) is 3.62. The van der Waals surface area contributed by atoms with Gasteiger partial charge in [-0.25, -0.2) is 4.79 Å². The van der Waals surface area contributed by atoms with Crippen LogP contribution in [0, 0.1) is 5.92 Å². The van der Waals surface area contributed by atoms with E-state index in [4.69, 9.17) is 9.84 Å². The van der Waals surface area contributed by atoms with Gasteiger partial charge in [-0.3, -0.25) is 24.1 Å². The Kier molecular flexibility index (Phi) is 7.08. The SMILES string of the molecule is CCCCOc1nc2c([nH]c(=O)n2CCCCN2CCC(C(=O)O)CC2)c(=O)[nH]1. The second kappa shape index (κ2) is 9.73. The Hall–Kier alpha value is -2.62. The first-order valence-electron chi connectivity index (χ1n) is 10.3. The maximum Gasteiger partial charge on any atom is 0.327 e. The van der Waals surface area contributed by atoms with E-state index in [0.29, 0.717) is 31.6 Å². The van der Waals surface area contributed by atoms with Gasteiger partial charge in [-0.15, -0.1) is 0 Å². The van der Waals surface area contributed by atoms with Crippen molar-refractivity contribution < 1.29 is 14.6 Å². The molecule has 3 N–H and O–H groups in total. The highest BCUT2D eigenvalue weighted by molar-refractivity contribution is 5.70. The minimum absolute atomic E-state index is 0.130. The largest absolute Gasteiger partial charge is 0.481 e. The molecular weight excluding hydrogens is 378 g/mol. The van der Waals surface area contributed by atoms with E-state index in [1.807, 2.05) is 6.92 Å². The normalized spacial score (nSPS) is 15.8. The molecule has 29 heavy (non-hydrogen) atoms. The fourth-order valence-corrected chi connectivity index (χ4v) is 3.62. The van der Waals surface area contributed by atoms with Crippen molar-refractivity contribution in [3.8, 4) is 6.01 Å². The molecule has 1 fully saturated rings. The molecule has 0 spiro atoms. The Labute approximate surface area is 167 Å². The summed E-state index contributed by atoms with van der Waals surface area (Å²) in [7, 11) is 0. The zero-order valence-corrected chi connectivity index (χ0v) is 16.8. The average molecular weight is 407 g/mol. The second-order valence-corrected chi connectivity index (χ2v) is 7.51. The van der Waals surface area contributed by atoms with Crippen molar-refractivity contribution in [2.45, 2.75) is 52.0 Å². The molecule has 0 saturated carbocycles. The predicted molar refractivity (Wildman–Crippen MR) is 107 cm³/mol. The lowest BCUT2D eigenvalue weighted by molar-refractivity contribution is -0.143. The summed E-state index contributed by atoms with van der Waals surface area (Å²) in [5, 5.41) is 9.06. The number of nitrogens with one attached hydrogen (secondary N) is 2. The van der Waals surface area contributed by atoms with Gasteiger partial charge in [0.15, 0.2) is 11.2 Å². The van der Waals surface area contributed by atoms with Gasteiger partial charge in [0.05, 0.1) is 12.5 Å². The van der Waals surface area contributed by atoms with Crippen molar-refractivity contribution in [2.75, 3.05) is 26.2 Å². The molecule has 0 aromatic carbocycles. The standard InChI is InChI=1S/C19H29N5O5/c1-2-3-12-29-18-21-15-14(16(25)22-18)20-19(28)24(15)9-5-4-8-23-10-6-13(7-11-23)17(26)27/h13H,2-12H2,1H3,(H,20,28)(H,26,27)(H,21,22,25). The Morgan fingerprint density at radius 2 is 1.90 bits per heavy atom. The number of aliphatic carboxylic acids is 1. The molecule has 2 aromatic heterocycles. The van der Waals surface area contributed by atoms with Gasteiger partial charge in [0.1, 0.15) is 0 Å². The lowest BCUT2D eigenvalue weighted by Gasteiger charge is -2.29. The highest BCUT2D eigenvalue weighted by atomic mass is 16.5. The molecule has 3 heterocycles. The van der Waals surface area contributed by atoms with Gasteiger partial charge in [-0.2, -0.15) is 4.98 Å². The molecule has 10 nitrogen and oxygen atoms in total. The number of aryl methyl sites for hydroxylation is 1. The third-order valence-electron chi connectivity index (χ3n) is 5.39. The van der Waals surface area contributed by atoms with E-state index in [0.717, 1.165) is 45.3 Å². The number of carbonyl (C=O) groups is 1. The van der Waals surface area contributed by atoms with Crippen molar-refractivity contribution in [3.63, 3.8) is 0 Å². The maximum atomic E-state index is 12.3. The van der Waals surface area contributed by atoms with Crippen LogP contribution in [0.25, 0.3) is 11.2 Å². The zero-order valence-electron chi connectivity index (χ0n) is 16.8. The van der Waals surface area contributed by atoms with Crippen LogP contribution in [0.4, 0.5) is 0 Å². The zero-order chi connectivity index (χ0) is 20.8. The van der Waals surface area contributed by atoms with E-state index in [-0.39, 0.29) is 23.1 Å². The number of imidazole rings is 1. The number of hydrogen-bond donors (Lipinski definition) is 3. The molecule has 1 aliphatic rings. The van der Waals surface area contributed by atoms with Crippen molar-refractivity contribution in [3.05, 3.63) is 20.8 Å². The van der Waals surface area contributed by atoms with E-state index in [2.05, 4.69) is 19.9 Å². The molecule has 0 aliphatic carbocycles. The predicted octanol–water partition coefficient (Wildman–Crippen LogP) is 1.17. The van der Waals surface area contributed by atoms with Gasteiger partial charge in [0.2, 0.25) is 0 Å². The van der Waals surface area contributed by atoms with Gasteiger partial charge in [-0.05, 0) is 51.7 Å². The van der Waals surface area contributed by atoms with Gasteiger partial charge in [-0.1, -0.05) is 13.3 Å². The van der Waals surface area contributed by atoms with E-state index >= 15 is 0 Å². The summed E-state index contributed by atoms with van der Waals surface area (Å²) in [6.07, 6.45) is 4.82. The third kappa shape index (κ3) is 5.26. The fraction of sp³-hybridized carbons (Fsp3) is 0.684. The molecule has 3 rings (SSSR count). The molecule has 0 radical (unpaired) electrons. The van der Waals surface area contributed by atoms with Gasteiger partial charge in [0, 0.05) is 6.54 Å². The number of hydrogen-bond acceptors (Lipinski definition) is 6. The second-order valence-electron chi connectivity index (χ2n) is 7.51. The van der Waals surface area contributed by atoms with Crippen LogP contribution in [0.5, 0.6) is 6.01 Å². The topological polar surface area (TPSA) is 133 Å². The van der Waals surface area contributed by atoms with Crippen LogP contribution in [0.2, 0.25) is 0 Å². The molecule has 160 valence electrons. The third-order valence-corrected chi connectivity index (χ3v) is 5.39. The van der Waals surface area contributed by atoms with Gasteiger partial charge in [0.25, 0.3) is 11.6 Å². The Morgan fingerprint density at radius 1 is 1.17 bits per heavy atom. The maximum absolute atomic E-state index is 12.3. The van der Waals surface area contributed by atoms with Crippen LogP contribution in [0.1, 0.15) is 45.4 Å². The number of H-pyrrole nitrogens is 2. The van der Waals surface area contributed by atoms with Crippen LogP contribution in [0.15, 0.2) is 9.59 Å². The molecule has 2 aromatic rings. The molecule has 10 heteroatoms. The number of carboxylic acids is 1. The van der Waals surface area contributed by atoms with E-state index in [9.17, 15) is 14.4 Å². The van der Waals surface area contributed by atoms with Crippen LogP contribution in [-0.2, 0) is 11.3 Å². The van der Waals surface area contributed by atoms with Crippen LogP contribution in [-0.4, -0.2) is 61.7 Å². The van der Waals surface area contributed by atoms with Crippen LogP contribution in [0.3, 0.4) is 0 Å². The number of nitrogens with zero attached hydrogens (tertiary/aromatic N) is 3. The number of carboxylic acid groups (broad SMARTS) is 1. The number of piperidine rings is 1. The van der Waals surface area contributed by atoms with Crippen LogP contribution < -0.4 is 16.0 Å². The molecule has 1 aliphatic heterocycles. The van der Waals surface area contributed by atoms with Crippen molar-refractivity contribution >= 4 is 17.1 Å². The minimum atomic E-state index is -0.705. The Balaban J connectivity index is 1.57. The highest BCUT2D eigenvalue weighted by Crippen LogP contribution is 2.17. The van der Waals surface area contributed by atoms with Gasteiger partial charge < -0.3 is 14.7 Å². The molecule has 0 unspecified atom stereocenters. The average Bonchev–Trinajstić information content (AvgIpc) is 3.02. The van der Waals surface area contributed by atoms with Crippen molar-refractivity contribution in [1.82, 2.24) is 24.4 Å².